The number of sulfone groups is 1. The van der Waals surface area contributed by atoms with Gasteiger partial charge in [0, 0.05) is 36.7 Å². The van der Waals surface area contributed by atoms with Gasteiger partial charge in [0.05, 0.1) is 21.7 Å². The van der Waals surface area contributed by atoms with E-state index in [0.717, 1.165) is 22.8 Å². The van der Waals surface area contributed by atoms with Gasteiger partial charge in [-0.3, -0.25) is 9.59 Å². The van der Waals surface area contributed by atoms with Crippen LogP contribution in [0.3, 0.4) is 0 Å². The molecule has 1 aliphatic rings. The summed E-state index contributed by atoms with van der Waals surface area (Å²) in [5.74, 6) is -2.06. The van der Waals surface area contributed by atoms with E-state index in [4.69, 9.17) is 16.0 Å². The Morgan fingerprint density at radius 1 is 1.12 bits per heavy atom. The van der Waals surface area contributed by atoms with Crippen molar-refractivity contribution in [3.8, 4) is 0 Å². The van der Waals surface area contributed by atoms with E-state index in [1.807, 2.05) is 12.1 Å². The van der Waals surface area contributed by atoms with E-state index >= 15 is 0 Å². The molecule has 1 aromatic heterocycles. The van der Waals surface area contributed by atoms with E-state index in [2.05, 4.69) is 5.32 Å². The largest absolute Gasteiger partial charge is 0.480 e. The third-order valence-corrected chi connectivity index (χ3v) is 8.76. The lowest BCUT2D eigenvalue weighted by atomic mass is 9.92. The fraction of sp³-hybridized carbons (Fsp3) is 0.233. The zero-order valence-corrected chi connectivity index (χ0v) is 23.9. The Hall–Kier alpha value is -4.15. The van der Waals surface area contributed by atoms with Crippen LogP contribution >= 0.6 is 11.6 Å². The van der Waals surface area contributed by atoms with Crippen molar-refractivity contribution in [3.63, 3.8) is 0 Å². The number of aliphatic carboxylic acids is 1. The molecular formula is C30H27ClN2O7S. The number of aryl methyl sites for hydroxylation is 1. The first-order valence-electron chi connectivity index (χ1n) is 12.8. The predicted octanol–water partition coefficient (Wildman–Crippen LogP) is 4.42. The Labute approximate surface area is 241 Å². The lowest BCUT2D eigenvalue weighted by Gasteiger charge is -2.31. The number of hydrogen-bond donors (Lipinski definition) is 2. The number of nitrogens with one attached hydrogen (secondary N) is 1. The van der Waals surface area contributed by atoms with Gasteiger partial charge in [-0.15, -0.1) is 0 Å². The maximum Gasteiger partial charge on any atom is 0.326 e. The number of nitrogens with zero attached hydrogens (tertiary/aromatic N) is 1. The minimum Gasteiger partial charge on any atom is -0.480 e. The van der Waals surface area contributed by atoms with E-state index in [9.17, 15) is 27.9 Å². The van der Waals surface area contributed by atoms with Crippen molar-refractivity contribution in [1.82, 2.24) is 10.2 Å². The second-order valence-electron chi connectivity index (χ2n) is 10.2. The number of furan rings is 1. The fourth-order valence-corrected chi connectivity index (χ4v) is 6.26. The van der Waals surface area contributed by atoms with Gasteiger partial charge in [-0.1, -0.05) is 35.9 Å². The van der Waals surface area contributed by atoms with Crippen LogP contribution in [0.1, 0.15) is 43.0 Å². The van der Waals surface area contributed by atoms with Crippen LogP contribution in [0.2, 0.25) is 5.02 Å². The highest BCUT2D eigenvalue weighted by molar-refractivity contribution is 7.90. The summed E-state index contributed by atoms with van der Waals surface area (Å²) in [7, 11) is -3.48. The van der Waals surface area contributed by atoms with Crippen LogP contribution in [-0.4, -0.2) is 55.1 Å². The molecule has 0 unspecified atom stereocenters. The fourth-order valence-electron chi connectivity index (χ4n) is 5.12. The molecular weight excluding hydrogens is 568 g/mol. The highest BCUT2D eigenvalue weighted by atomic mass is 35.5. The third-order valence-electron chi connectivity index (χ3n) is 7.24. The monoisotopic (exact) mass is 594 g/mol. The highest BCUT2D eigenvalue weighted by Crippen LogP contribution is 2.33. The number of hydrogen-bond acceptors (Lipinski definition) is 6. The molecule has 0 saturated carbocycles. The van der Waals surface area contributed by atoms with Crippen LogP contribution in [0.5, 0.6) is 0 Å². The lowest BCUT2D eigenvalue weighted by molar-refractivity contribution is -0.139. The number of carboxylic acid groups (broad SMARTS) is 1. The van der Waals surface area contributed by atoms with Crippen LogP contribution in [0, 0.1) is 6.92 Å². The number of fused-ring (bicyclic) bond motifs is 2. The second kappa shape index (κ2) is 11.0. The molecule has 3 aromatic carbocycles. The minimum absolute atomic E-state index is 0.0630. The molecule has 0 fully saturated rings. The number of carboxylic acids is 1. The second-order valence-corrected chi connectivity index (χ2v) is 12.6. The van der Waals surface area contributed by atoms with Gasteiger partial charge in [0.15, 0.2) is 9.84 Å². The number of halogens is 1. The number of benzene rings is 3. The van der Waals surface area contributed by atoms with E-state index < -0.39 is 27.8 Å². The summed E-state index contributed by atoms with van der Waals surface area (Å²) in [5, 5.41) is 13.5. The first-order chi connectivity index (χ1) is 19.4. The van der Waals surface area contributed by atoms with Crippen LogP contribution in [0.25, 0.3) is 11.0 Å². The van der Waals surface area contributed by atoms with Gasteiger partial charge in [0.2, 0.25) is 0 Å². The molecule has 0 bridgehead atoms. The SMILES string of the molecule is Cc1cc2c(c(Cl)c1C(=O)N[C@@H](Cc1cccc(S(C)(=O)=O)c1)C(=O)O)CCN(C(=O)c1ccc3ccoc3c1)C2. The van der Waals surface area contributed by atoms with Gasteiger partial charge in [-0.25, -0.2) is 13.2 Å². The lowest BCUT2D eigenvalue weighted by Crippen LogP contribution is -2.43. The Kier molecular flexibility index (Phi) is 7.63. The Morgan fingerprint density at radius 2 is 1.90 bits per heavy atom. The highest BCUT2D eigenvalue weighted by Gasteiger charge is 2.29. The third kappa shape index (κ3) is 5.84. The maximum absolute atomic E-state index is 13.3. The summed E-state index contributed by atoms with van der Waals surface area (Å²) in [5.41, 5.74) is 3.85. The molecule has 0 spiro atoms. The molecule has 2 amide bonds. The molecule has 2 heterocycles. The Morgan fingerprint density at radius 3 is 2.63 bits per heavy atom. The van der Waals surface area contributed by atoms with E-state index in [-0.39, 0.29) is 27.8 Å². The van der Waals surface area contributed by atoms with Gasteiger partial charge in [-0.2, -0.15) is 0 Å². The van der Waals surface area contributed by atoms with Crippen molar-refractivity contribution < 1.29 is 32.3 Å². The van der Waals surface area contributed by atoms with Crippen molar-refractivity contribution >= 4 is 50.2 Å². The van der Waals surface area contributed by atoms with Crippen LogP contribution in [0.15, 0.2) is 70.2 Å². The molecule has 41 heavy (non-hydrogen) atoms. The minimum atomic E-state index is -3.48. The zero-order valence-electron chi connectivity index (χ0n) is 22.3. The van der Waals surface area contributed by atoms with Crippen LogP contribution < -0.4 is 5.32 Å². The topological polar surface area (TPSA) is 134 Å². The summed E-state index contributed by atoms with van der Waals surface area (Å²) >= 11 is 6.73. The van der Waals surface area contributed by atoms with Gasteiger partial charge in [0.25, 0.3) is 11.8 Å². The van der Waals surface area contributed by atoms with E-state index in [1.54, 1.807) is 42.4 Å². The molecule has 0 radical (unpaired) electrons. The quantitative estimate of drug-likeness (QED) is 0.323. The molecule has 1 atom stereocenters. The van der Waals surface area contributed by atoms with Gasteiger partial charge >= 0.3 is 5.97 Å². The number of rotatable bonds is 7. The molecule has 9 nitrogen and oxygen atoms in total. The smallest absolute Gasteiger partial charge is 0.326 e. The summed E-state index contributed by atoms with van der Waals surface area (Å²) in [6.45, 7) is 2.40. The first kappa shape index (κ1) is 28.4. The summed E-state index contributed by atoms with van der Waals surface area (Å²) in [6.07, 6.45) is 2.94. The van der Waals surface area contributed by atoms with Gasteiger partial charge in [-0.05, 0) is 65.9 Å². The molecule has 212 valence electrons. The average molecular weight is 595 g/mol. The number of carbonyl (C=O) groups is 3. The summed E-state index contributed by atoms with van der Waals surface area (Å²) in [4.78, 5) is 40.3. The van der Waals surface area contributed by atoms with Crippen LogP contribution in [0.4, 0.5) is 0 Å². The molecule has 1 aliphatic heterocycles. The zero-order chi connectivity index (χ0) is 29.5. The molecule has 11 heteroatoms. The van der Waals surface area contributed by atoms with Crippen LogP contribution in [-0.2, 0) is 34.0 Å². The molecule has 5 rings (SSSR count). The molecule has 0 aliphatic carbocycles. The first-order valence-corrected chi connectivity index (χ1v) is 15.1. The summed E-state index contributed by atoms with van der Waals surface area (Å²) in [6, 6.07) is 13.6. The standard InChI is InChI=1S/C30H27ClN2O7S/c1-17-12-21-16-33(29(35)20-7-6-19-9-11-40-25(19)15-20)10-8-23(21)27(31)26(17)28(34)32-24(30(36)37)14-18-4-3-5-22(13-18)41(2,38)39/h3-7,9,11-13,15,24H,8,10,14,16H2,1-2H3,(H,32,34)(H,36,37)/t24-/m0/s1. The maximum atomic E-state index is 13.3. The van der Waals surface area contributed by atoms with Gasteiger partial charge < -0.3 is 19.7 Å². The Bertz CT molecular complexity index is 1810. The van der Waals surface area contributed by atoms with Gasteiger partial charge in [0.1, 0.15) is 11.6 Å². The van der Waals surface area contributed by atoms with Crippen molar-refractivity contribution in [2.75, 3.05) is 12.8 Å². The van der Waals surface area contributed by atoms with Crippen molar-refractivity contribution in [1.29, 1.82) is 0 Å². The molecule has 2 N–H and O–H groups in total. The van der Waals surface area contributed by atoms with E-state index in [0.29, 0.717) is 41.8 Å². The Balaban J connectivity index is 1.35. The normalized spacial score (nSPS) is 14.0. The number of carbonyl (C=O) groups excluding carboxylic acids is 2. The van der Waals surface area contributed by atoms with E-state index in [1.165, 1.54) is 18.2 Å². The molecule has 0 saturated heterocycles. The van der Waals surface area contributed by atoms with Crippen molar-refractivity contribution in [3.05, 3.63) is 99.3 Å². The summed E-state index contributed by atoms with van der Waals surface area (Å²) < 4.78 is 29.2. The number of amides is 2. The predicted molar refractivity (Wildman–Crippen MR) is 153 cm³/mol. The van der Waals surface area contributed by atoms with Crippen molar-refractivity contribution in [2.45, 2.75) is 37.2 Å². The van der Waals surface area contributed by atoms with Crippen molar-refractivity contribution in [2.24, 2.45) is 0 Å². The molecule has 4 aromatic rings. The average Bonchev–Trinajstić information content (AvgIpc) is 3.39.